The molecule has 0 amide bonds. The van der Waals surface area contributed by atoms with Gasteiger partial charge in [0.15, 0.2) is 0 Å². The molecule has 12 heteroatoms. The fourth-order valence-corrected chi connectivity index (χ4v) is 5.85. The maximum Gasteiger partial charge on any atom is 0.417 e. The summed E-state index contributed by atoms with van der Waals surface area (Å²) in [5.74, 6) is -2.31. The quantitative estimate of drug-likeness (QED) is 0.321. The van der Waals surface area contributed by atoms with Crippen LogP contribution in [0.2, 0.25) is 0 Å². The van der Waals surface area contributed by atoms with Crippen molar-refractivity contribution in [2.24, 2.45) is 5.41 Å². The average molecular weight is 551 g/mol. The Balaban J connectivity index is 1.95. The largest absolute Gasteiger partial charge is 0.417 e. The van der Waals surface area contributed by atoms with E-state index in [0.717, 1.165) is 24.3 Å². The number of rotatable bonds is 7. The lowest BCUT2D eigenvalue weighted by Crippen LogP contribution is -2.35. The van der Waals surface area contributed by atoms with Gasteiger partial charge >= 0.3 is 6.18 Å². The van der Waals surface area contributed by atoms with Gasteiger partial charge in [0, 0.05) is 34.8 Å². The molecule has 0 spiro atoms. The summed E-state index contributed by atoms with van der Waals surface area (Å²) in [6.45, 7) is 5.72. The monoisotopic (exact) mass is 550 g/mol. The molecule has 0 unspecified atom stereocenters. The Morgan fingerprint density at radius 2 is 1.68 bits per heavy atom. The van der Waals surface area contributed by atoms with Gasteiger partial charge < -0.3 is 4.57 Å². The van der Waals surface area contributed by atoms with Gasteiger partial charge in [-0.2, -0.15) is 13.2 Å². The standard InChI is InChI=1S/C25H25F7N2O2S/c1-24(2,3)12-34-11-18(22(23(28)29)33-37(35,36)14-5-6-14)17-9-20(27)16(10-21(17)34)15-7-4-13(26)8-19(15)25(30,31)32/h4,7-11,14,22-23,33H,5-6,12H2,1-3H3/t22-/m0/s1. The van der Waals surface area contributed by atoms with Gasteiger partial charge in [-0.05, 0) is 48.1 Å². The van der Waals surface area contributed by atoms with Gasteiger partial charge in [0.05, 0.1) is 10.8 Å². The van der Waals surface area contributed by atoms with E-state index in [4.69, 9.17) is 0 Å². The SMILES string of the molecule is CC(C)(C)Cn1cc([C@H](NS(=O)(=O)C2CC2)C(F)F)c2cc(F)c(-c3ccc(F)cc3C(F)(F)F)cc21. The van der Waals surface area contributed by atoms with Crippen molar-refractivity contribution >= 4 is 20.9 Å². The van der Waals surface area contributed by atoms with Crippen LogP contribution in [0.15, 0.2) is 36.5 Å². The first-order valence-corrected chi connectivity index (χ1v) is 13.0. The summed E-state index contributed by atoms with van der Waals surface area (Å²) in [5.41, 5.74) is -2.99. The van der Waals surface area contributed by atoms with Gasteiger partial charge in [0.1, 0.15) is 17.7 Å². The Bertz CT molecular complexity index is 1440. The summed E-state index contributed by atoms with van der Waals surface area (Å²) in [7, 11) is -4.05. The van der Waals surface area contributed by atoms with Crippen molar-refractivity contribution < 1.29 is 39.2 Å². The van der Waals surface area contributed by atoms with Crippen LogP contribution < -0.4 is 4.72 Å². The third-order valence-electron chi connectivity index (χ3n) is 6.06. The van der Waals surface area contributed by atoms with E-state index in [1.807, 2.05) is 25.5 Å². The van der Waals surface area contributed by atoms with Crippen LogP contribution >= 0.6 is 0 Å². The molecule has 1 heterocycles. The van der Waals surface area contributed by atoms with Crippen molar-refractivity contribution in [1.29, 1.82) is 0 Å². The van der Waals surface area contributed by atoms with Gasteiger partial charge in [-0.25, -0.2) is 30.7 Å². The number of alkyl halides is 5. The Kier molecular flexibility index (Phi) is 6.90. The highest BCUT2D eigenvalue weighted by molar-refractivity contribution is 7.90. The summed E-state index contributed by atoms with van der Waals surface area (Å²) in [6.07, 6.45) is -6.21. The second-order valence-electron chi connectivity index (χ2n) is 10.5. The van der Waals surface area contributed by atoms with Crippen LogP contribution in [0.4, 0.5) is 30.7 Å². The lowest BCUT2D eigenvalue weighted by atomic mass is 9.95. The first-order valence-electron chi connectivity index (χ1n) is 11.5. The van der Waals surface area contributed by atoms with Crippen molar-refractivity contribution in [3.05, 3.63) is 59.3 Å². The molecule has 1 fully saturated rings. The minimum Gasteiger partial charge on any atom is -0.347 e. The van der Waals surface area contributed by atoms with Crippen LogP contribution in [0.3, 0.4) is 0 Å². The highest BCUT2D eigenvalue weighted by Gasteiger charge is 2.40. The topological polar surface area (TPSA) is 51.1 Å². The Labute approximate surface area is 209 Å². The molecule has 1 aliphatic carbocycles. The van der Waals surface area contributed by atoms with Crippen LogP contribution in [0.25, 0.3) is 22.0 Å². The maximum atomic E-state index is 15.3. The number of nitrogens with one attached hydrogen (secondary N) is 1. The third kappa shape index (κ3) is 5.79. The predicted octanol–water partition coefficient (Wildman–Crippen LogP) is 7.04. The van der Waals surface area contributed by atoms with E-state index in [1.165, 1.54) is 10.8 Å². The van der Waals surface area contributed by atoms with Gasteiger partial charge in [0.25, 0.3) is 6.43 Å². The molecule has 4 rings (SSSR count). The lowest BCUT2D eigenvalue weighted by molar-refractivity contribution is -0.137. The maximum absolute atomic E-state index is 15.3. The van der Waals surface area contributed by atoms with Crippen molar-refractivity contribution in [2.75, 3.05) is 0 Å². The second-order valence-corrected chi connectivity index (χ2v) is 12.5. The van der Waals surface area contributed by atoms with Crippen LogP contribution in [0, 0.1) is 17.0 Å². The van der Waals surface area contributed by atoms with E-state index in [0.29, 0.717) is 12.8 Å². The molecule has 1 aromatic heterocycles. The number of hydrogen-bond acceptors (Lipinski definition) is 2. The molecule has 202 valence electrons. The molecule has 0 bridgehead atoms. The van der Waals surface area contributed by atoms with Crippen LogP contribution in [0.5, 0.6) is 0 Å². The highest BCUT2D eigenvalue weighted by atomic mass is 32.2. The van der Waals surface area contributed by atoms with Crippen molar-refractivity contribution in [3.8, 4) is 11.1 Å². The van der Waals surface area contributed by atoms with Crippen molar-refractivity contribution in [3.63, 3.8) is 0 Å². The first-order chi connectivity index (χ1) is 17.0. The first kappa shape index (κ1) is 27.4. The zero-order valence-electron chi connectivity index (χ0n) is 20.1. The minimum absolute atomic E-state index is 0.0648. The average Bonchev–Trinajstić information content (AvgIpc) is 3.56. The molecule has 1 N–H and O–H groups in total. The van der Waals surface area contributed by atoms with Crippen LogP contribution in [-0.4, -0.2) is 24.7 Å². The summed E-state index contributed by atoms with van der Waals surface area (Å²) >= 11 is 0. The summed E-state index contributed by atoms with van der Waals surface area (Å²) in [6, 6.07) is 1.78. The zero-order valence-corrected chi connectivity index (χ0v) is 21.0. The summed E-state index contributed by atoms with van der Waals surface area (Å²) in [4.78, 5) is 0. The number of fused-ring (bicyclic) bond motifs is 1. The highest BCUT2D eigenvalue weighted by Crippen LogP contribution is 2.42. The minimum atomic E-state index is -4.99. The third-order valence-corrected chi connectivity index (χ3v) is 8.00. The molecule has 0 radical (unpaired) electrons. The molecule has 2 aromatic carbocycles. The summed E-state index contributed by atoms with van der Waals surface area (Å²) in [5, 5.41) is -0.843. The van der Waals surface area contributed by atoms with Gasteiger partial charge in [-0.3, -0.25) is 0 Å². The predicted molar refractivity (Wildman–Crippen MR) is 126 cm³/mol. The van der Waals surface area contributed by atoms with Gasteiger partial charge in [-0.15, -0.1) is 0 Å². The molecule has 1 aliphatic rings. The van der Waals surface area contributed by atoms with Crippen molar-refractivity contribution in [2.45, 2.75) is 64.1 Å². The number of sulfonamides is 1. The molecule has 1 saturated carbocycles. The Morgan fingerprint density at radius 3 is 2.22 bits per heavy atom. The second kappa shape index (κ2) is 9.30. The summed E-state index contributed by atoms with van der Waals surface area (Å²) < 4.78 is 127. The zero-order chi connectivity index (χ0) is 27.5. The van der Waals surface area contributed by atoms with E-state index >= 15 is 4.39 Å². The molecule has 0 saturated heterocycles. The fraction of sp³-hybridized carbons (Fsp3) is 0.440. The van der Waals surface area contributed by atoms with Crippen LogP contribution in [-0.2, 0) is 22.7 Å². The normalized spacial score (nSPS) is 16.1. The number of nitrogens with zero attached hydrogens (tertiary/aromatic N) is 1. The Morgan fingerprint density at radius 1 is 1.03 bits per heavy atom. The van der Waals surface area contributed by atoms with Crippen molar-refractivity contribution in [1.82, 2.24) is 9.29 Å². The van der Waals surface area contributed by atoms with E-state index in [9.17, 15) is 34.8 Å². The number of benzene rings is 2. The van der Waals surface area contributed by atoms with E-state index in [1.54, 1.807) is 0 Å². The molecular weight excluding hydrogens is 525 g/mol. The molecule has 0 aliphatic heterocycles. The van der Waals surface area contributed by atoms with Crippen LogP contribution in [0.1, 0.15) is 50.8 Å². The van der Waals surface area contributed by atoms with E-state index in [2.05, 4.69) is 0 Å². The van der Waals surface area contributed by atoms with E-state index < -0.39 is 67.7 Å². The Hall–Kier alpha value is -2.60. The van der Waals surface area contributed by atoms with Gasteiger partial charge in [-0.1, -0.05) is 26.8 Å². The number of aromatic nitrogens is 1. The van der Waals surface area contributed by atoms with Gasteiger partial charge in [0.2, 0.25) is 10.0 Å². The fourth-order valence-electron chi connectivity index (χ4n) is 4.32. The molecule has 37 heavy (non-hydrogen) atoms. The molecule has 1 atom stereocenters. The smallest absolute Gasteiger partial charge is 0.347 e. The molecule has 4 nitrogen and oxygen atoms in total. The number of hydrogen-bond donors (Lipinski definition) is 1. The van der Waals surface area contributed by atoms with E-state index in [-0.39, 0.29) is 29.1 Å². The molecular formula is C25H25F7N2O2S. The molecule has 3 aromatic rings. The number of halogens is 7. The lowest BCUT2D eigenvalue weighted by Gasteiger charge is -2.20.